The van der Waals surface area contributed by atoms with E-state index in [0.29, 0.717) is 0 Å². The Balaban J connectivity index is 1.47. The fourth-order valence-corrected chi connectivity index (χ4v) is 14.9. The van der Waals surface area contributed by atoms with Gasteiger partial charge in [0, 0.05) is 11.1 Å². The predicted molar refractivity (Wildman–Crippen MR) is 421 cm³/mol. The van der Waals surface area contributed by atoms with Crippen LogP contribution in [0.25, 0.3) is 11.5 Å². The highest BCUT2D eigenvalue weighted by Crippen LogP contribution is 2.37. The molecule has 0 fully saturated rings. The van der Waals surface area contributed by atoms with Crippen molar-refractivity contribution in [1.29, 1.82) is 0 Å². The molecule has 0 spiro atoms. The fourth-order valence-electron chi connectivity index (χ4n) is 14.9. The molecule has 1 aliphatic rings. The van der Waals surface area contributed by atoms with Gasteiger partial charge in [0.15, 0.2) is 0 Å². The first-order valence-electron chi connectivity index (χ1n) is 42.8. The maximum absolute atomic E-state index is 10.0. The van der Waals surface area contributed by atoms with Crippen LogP contribution < -0.4 is 0 Å². The molecule has 0 saturated carbocycles. The fraction of sp³-hybridized carbons (Fsp3) is 0.791. The number of benzene rings is 2. The van der Waals surface area contributed by atoms with Crippen LogP contribution in [0.4, 0.5) is 0 Å². The van der Waals surface area contributed by atoms with E-state index in [1.807, 2.05) is 4.68 Å². The minimum absolute atomic E-state index is 1.06. The van der Waals surface area contributed by atoms with Gasteiger partial charge < -0.3 is 5.84 Å². The third-order valence-corrected chi connectivity index (χ3v) is 21.3. The molecule has 0 aromatic heterocycles. The van der Waals surface area contributed by atoms with Crippen LogP contribution in [0, 0.1) is 0 Å². The predicted octanol–water partition coefficient (Wildman–Crippen LogP) is 32.3. The van der Waals surface area contributed by atoms with Gasteiger partial charge in [0.2, 0.25) is 11.4 Å². The number of rotatable bonds is 71. The van der Waals surface area contributed by atoms with Crippen molar-refractivity contribution in [1.82, 2.24) is 0 Å². The SMILES string of the molecule is CCCCCCCC=C1C(C=CCCCCCCCCCCCCCCC)=C(c2ccc(CCCCCCCCCCCCCCCCCCCCCCCCC)cc2)[N+]([NH-])=C1c1ccc(CCCCCCCCCCCCCCCCCCCCCCCCC)cc1. The van der Waals surface area contributed by atoms with E-state index in [0.717, 1.165) is 37.1 Å². The van der Waals surface area contributed by atoms with Gasteiger partial charge in [-0.05, 0) is 86.8 Å². The Kier molecular flexibility index (Phi) is 59.0. The summed E-state index contributed by atoms with van der Waals surface area (Å²) >= 11 is 0. The Hall–Kier alpha value is -2.87. The second-order valence-electron chi connectivity index (χ2n) is 30.2. The number of allylic oxidation sites excluding steroid dienone is 5. The smallest absolute Gasteiger partial charge is 0.216 e. The van der Waals surface area contributed by atoms with E-state index < -0.39 is 0 Å². The minimum atomic E-state index is 1.06. The van der Waals surface area contributed by atoms with Crippen molar-refractivity contribution >= 4 is 11.4 Å². The van der Waals surface area contributed by atoms with Crippen LogP contribution in [0.5, 0.6) is 0 Å². The number of hydrogen-bond acceptors (Lipinski definition) is 0. The van der Waals surface area contributed by atoms with Crippen LogP contribution in [0.15, 0.2) is 77.9 Å². The van der Waals surface area contributed by atoms with Crippen LogP contribution >= 0.6 is 0 Å². The first-order chi connectivity index (χ1) is 46.1. The molecule has 0 aliphatic carbocycles. The van der Waals surface area contributed by atoms with Crippen LogP contribution in [-0.4, -0.2) is 10.4 Å². The Morgan fingerprint density at radius 2 is 0.484 bits per heavy atom. The first kappa shape index (κ1) is 84.4. The molecule has 2 aromatic rings. The molecule has 534 valence electrons. The molecule has 2 nitrogen and oxygen atoms in total. The summed E-state index contributed by atoms with van der Waals surface area (Å²) in [5, 5.41) is 0. The summed E-state index contributed by atoms with van der Waals surface area (Å²) in [5.41, 5.74) is 9.91. The number of nitrogens with one attached hydrogen (secondary N) is 1. The summed E-state index contributed by atoms with van der Waals surface area (Å²) in [7, 11) is 0. The zero-order valence-electron chi connectivity index (χ0n) is 63.4. The topological polar surface area (TPSA) is 26.8 Å². The van der Waals surface area contributed by atoms with Crippen molar-refractivity contribution in [3.63, 3.8) is 0 Å². The molecule has 2 heteroatoms. The van der Waals surface area contributed by atoms with Gasteiger partial charge >= 0.3 is 0 Å². The normalized spacial score (nSPS) is 13.2. The molecule has 1 N–H and O–H groups in total. The molecule has 0 bridgehead atoms. The lowest BCUT2D eigenvalue weighted by Gasteiger charge is -2.10. The van der Waals surface area contributed by atoms with Crippen molar-refractivity contribution in [3.8, 4) is 0 Å². The van der Waals surface area contributed by atoms with Gasteiger partial charge in [-0.3, -0.25) is 0 Å². The maximum Gasteiger partial charge on any atom is 0.216 e. The van der Waals surface area contributed by atoms with Crippen LogP contribution in [-0.2, 0) is 12.8 Å². The molecule has 1 heterocycles. The Morgan fingerprint density at radius 1 is 0.258 bits per heavy atom. The summed E-state index contributed by atoms with van der Waals surface area (Å²) in [6.07, 6.45) is 102. The van der Waals surface area contributed by atoms with Gasteiger partial charge in [-0.25, -0.2) is 4.68 Å². The number of nitrogens with zero attached hydrogens (tertiary/aromatic N) is 1. The summed E-state index contributed by atoms with van der Waals surface area (Å²) in [5.74, 6) is 10.0. The molecule has 93 heavy (non-hydrogen) atoms. The zero-order chi connectivity index (χ0) is 66.1. The number of hydrogen-bond donors (Lipinski definition) is 0. The summed E-state index contributed by atoms with van der Waals surface area (Å²) in [4.78, 5) is 0. The van der Waals surface area contributed by atoms with Gasteiger partial charge in [0.25, 0.3) is 0 Å². The lowest BCUT2D eigenvalue weighted by molar-refractivity contribution is -0.347. The molecule has 0 radical (unpaired) electrons. The van der Waals surface area contributed by atoms with E-state index in [1.54, 1.807) is 0 Å². The maximum atomic E-state index is 10.0. The Bertz CT molecular complexity index is 2030. The molecular formula is C91H160N2. The Labute approximate surface area is 583 Å². The van der Waals surface area contributed by atoms with E-state index in [2.05, 4.69) is 94.5 Å². The average Bonchev–Trinajstić information content (AvgIpc) is 1.61. The monoisotopic (exact) mass is 1280 g/mol. The number of unbranched alkanes of at least 4 members (excludes halogenated alkanes) is 62. The summed E-state index contributed by atoms with van der Waals surface area (Å²) < 4.78 is 1.83. The third kappa shape index (κ3) is 46.9. The van der Waals surface area contributed by atoms with Crippen molar-refractivity contribution in [3.05, 3.63) is 106 Å². The molecule has 3 rings (SSSR count). The molecule has 0 amide bonds. The van der Waals surface area contributed by atoms with E-state index in [9.17, 15) is 5.84 Å². The second-order valence-corrected chi connectivity index (χ2v) is 30.2. The van der Waals surface area contributed by atoms with Gasteiger partial charge in [0.05, 0.1) is 11.1 Å². The van der Waals surface area contributed by atoms with Gasteiger partial charge in [0.1, 0.15) is 0 Å². The second kappa shape index (κ2) is 65.1. The van der Waals surface area contributed by atoms with E-state index in [-0.39, 0.29) is 0 Å². The standard InChI is InChI=1S/C91H160N2/c1-5-9-13-17-21-24-27-30-33-35-37-39-41-43-45-47-50-52-55-58-61-64-68-72-84-76-80-86(81-77-84)90-88(74-70-66-20-16-12-8-4)89(75-71-67-63-60-57-54-49-32-29-26-23-19-15-11-7-3)91(93(90)92)87-82-78-85(79-83-87)73-69-65-62-59-56-53-51-48-46-44-42-40-38-36-34-31-28-25-22-18-14-10-6-2/h71,74-83,92H,5-70,72-73H2,1-4H3. The first-order valence-corrected chi connectivity index (χ1v) is 42.8. The molecule has 0 atom stereocenters. The lowest BCUT2D eigenvalue weighted by atomic mass is 9.93. The van der Waals surface area contributed by atoms with E-state index in [1.165, 1.54) is 444 Å². The highest BCUT2D eigenvalue weighted by atomic mass is 15.3. The molecular weight excluding hydrogens is 1120 g/mol. The molecule has 0 unspecified atom stereocenters. The van der Waals surface area contributed by atoms with E-state index >= 15 is 0 Å². The summed E-state index contributed by atoms with van der Waals surface area (Å²) in [6, 6.07) is 18.9. The van der Waals surface area contributed by atoms with E-state index in [4.69, 9.17) is 0 Å². The highest BCUT2D eigenvalue weighted by molar-refractivity contribution is 6.17. The summed E-state index contributed by atoms with van der Waals surface area (Å²) in [6.45, 7) is 9.26. The van der Waals surface area contributed by atoms with Crippen molar-refractivity contribution in [2.24, 2.45) is 0 Å². The highest BCUT2D eigenvalue weighted by Gasteiger charge is 2.34. The van der Waals surface area contributed by atoms with Gasteiger partial charge in [-0.1, -0.05) is 455 Å². The zero-order valence-corrected chi connectivity index (χ0v) is 63.4. The van der Waals surface area contributed by atoms with Crippen LogP contribution in [0.2, 0.25) is 0 Å². The third-order valence-electron chi connectivity index (χ3n) is 21.3. The number of aryl methyl sites for hydroxylation is 2. The minimum Gasteiger partial charge on any atom is -0.448 e. The molecule has 0 saturated heterocycles. The lowest BCUT2D eigenvalue weighted by Crippen LogP contribution is -2.11. The van der Waals surface area contributed by atoms with Crippen LogP contribution in [0.1, 0.15) is 474 Å². The van der Waals surface area contributed by atoms with Gasteiger partial charge in [-0.2, -0.15) is 0 Å². The molecule has 1 aliphatic heterocycles. The van der Waals surface area contributed by atoms with Crippen LogP contribution in [0.3, 0.4) is 0 Å². The van der Waals surface area contributed by atoms with Crippen molar-refractivity contribution in [2.75, 3.05) is 0 Å². The van der Waals surface area contributed by atoms with Crippen molar-refractivity contribution < 1.29 is 4.68 Å². The Morgan fingerprint density at radius 3 is 0.753 bits per heavy atom. The quantitative estimate of drug-likeness (QED) is 0.0466. The largest absolute Gasteiger partial charge is 0.448 e. The average molecular weight is 1280 g/mol. The van der Waals surface area contributed by atoms with Gasteiger partial charge in [-0.15, -0.1) is 0 Å². The van der Waals surface area contributed by atoms with Crippen molar-refractivity contribution in [2.45, 2.75) is 464 Å². The molecule has 2 aromatic carbocycles.